The van der Waals surface area contributed by atoms with Gasteiger partial charge in [0.2, 0.25) is 0 Å². The summed E-state index contributed by atoms with van der Waals surface area (Å²) in [5.41, 5.74) is 2.04. The molecule has 13 heteroatoms. The van der Waals surface area contributed by atoms with Crippen LogP contribution in [0.3, 0.4) is 0 Å². The summed E-state index contributed by atoms with van der Waals surface area (Å²) in [6.45, 7) is 11.0. The molecule has 5 rings (SSSR count). The van der Waals surface area contributed by atoms with Crippen LogP contribution in [-0.2, 0) is 33.6 Å². The van der Waals surface area contributed by atoms with Gasteiger partial charge in [0.05, 0.1) is 17.1 Å². The molecule has 1 amide bonds. The number of nitrogens with one attached hydrogen (secondary N) is 2. The van der Waals surface area contributed by atoms with Gasteiger partial charge in [-0.2, -0.15) is 13.2 Å². The number of esters is 1. The number of hydrogen-bond donors (Lipinski definition) is 2. The number of pyridine rings is 1. The Bertz CT molecular complexity index is 2200. The lowest BCUT2D eigenvalue weighted by Crippen LogP contribution is -2.27. The van der Waals surface area contributed by atoms with Crippen LogP contribution in [0.4, 0.5) is 29.5 Å². The van der Waals surface area contributed by atoms with E-state index in [2.05, 4.69) is 20.6 Å². The van der Waals surface area contributed by atoms with Crippen LogP contribution in [-0.4, -0.2) is 32.2 Å². The smallest absolute Gasteiger partial charge is 0.416 e. The Morgan fingerprint density at radius 1 is 0.926 bits per heavy atom. The number of nitrogens with zero attached hydrogens (tertiary/aromatic N) is 3. The number of benzene rings is 3. The second-order valence-corrected chi connectivity index (χ2v) is 14.2. The van der Waals surface area contributed by atoms with Crippen molar-refractivity contribution in [3.63, 3.8) is 0 Å². The van der Waals surface area contributed by atoms with Gasteiger partial charge in [-0.3, -0.25) is 14.9 Å². The standard InChI is InChI=1S/C41H44F3N5O5/c1-25-18-35-34(23-33(25)29-15-17-49(36(50)21-29)16-11-10-14-37(51)53-24-28-12-8-7-9-13-28)38(47-27(3)46-35)45-26(2)30-19-31(41(42,43)44)22-32(20-30)48-39(52)54-40(4,5)6/h7-9,12-13,15,17-23,26H,10-11,14,16,24H2,1-6H3,(H,48,52)(H,45,46,47)/t26-/m1/s1. The van der Waals surface area contributed by atoms with Crippen LogP contribution in [0.1, 0.15) is 81.1 Å². The first-order chi connectivity index (χ1) is 25.4. The first-order valence-corrected chi connectivity index (χ1v) is 17.6. The van der Waals surface area contributed by atoms with E-state index >= 15 is 0 Å². The lowest BCUT2D eigenvalue weighted by Gasteiger charge is -2.22. The number of amides is 1. The first-order valence-electron chi connectivity index (χ1n) is 17.6. The van der Waals surface area contributed by atoms with Crippen LogP contribution in [0.5, 0.6) is 0 Å². The van der Waals surface area contributed by atoms with Crippen LogP contribution >= 0.6 is 0 Å². The number of hydrogen-bond acceptors (Lipinski definition) is 8. The predicted molar refractivity (Wildman–Crippen MR) is 202 cm³/mol. The molecule has 0 fully saturated rings. The van der Waals surface area contributed by atoms with Gasteiger partial charge in [0.15, 0.2) is 0 Å². The molecular formula is C41H44F3N5O5. The van der Waals surface area contributed by atoms with Crippen molar-refractivity contribution in [2.45, 2.75) is 91.8 Å². The van der Waals surface area contributed by atoms with E-state index in [0.717, 1.165) is 28.8 Å². The minimum Gasteiger partial charge on any atom is -0.461 e. The average molecular weight is 744 g/mol. The highest BCUT2D eigenvalue weighted by Gasteiger charge is 2.32. The normalized spacial score (nSPS) is 12.3. The molecule has 0 unspecified atom stereocenters. The summed E-state index contributed by atoms with van der Waals surface area (Å²) in [6, 6.07) is 19.2. The largest absolute Gasteiger partial charge is 0.461 e. The van der Waals surface area contributed by atoms with Gasteiger partial charge in [0.25, 0.3) is 5.56 Å². The highest BCUT2D eigenvalue weighted by Crippen LogP contribution is 2.36. The number of carbonyl (C=O) groups excluding carboxylic acids is 2. The molecular weight excluding hydrogens is 699 g/mol. The number of aromatic nitrogens is 3. The summed E-state index contributed by atoms with van der Waals surface area (Å²) in [4.78, 5) is 46.9. The number of halogens is 3. The van der Waals surface area contributed by atoms with Crippen LogP contribution in [0.2, 0.25) is 0 Å². The van der Waals surface area contributed by atoms with E-state index in [1.165, 1.54) is 6.07 Å². The predicted octanol–water partition coefficient (Wildman–Crippen LogP) is 9.53. The van der Waals surface area contributed by atoms with Crippen molar-refractivity contribution >= 4 is 34.5 Å². The molecule has 10 nitrogen and oxygen atoms in total. The summed E-state index contributed by atoms with van der Waals surface area (Å²) in [6.07, 6.45) is -2.39. The third kappa shape index (κ3) is 10.7. The first kappa shape index (κ1) is 39.5. The molecule has 0 aliphatic carbocycles. The van der Waals surface area contributed by atoms with Crippen LogP contribution < -0.4 is 16.2 Å². The van der Waals surface area contributed by atoms with E-state index < -0.39 is 29.5 Å². The Labute approximate surface area is 311 Å². The molecule has 2 heterocycles. The number of ether oxygens (including phenoxy) is 2. The van der Waals surface area contributed by atoms with Gasteiger partial charge in [0.1, 0.15) is 23.9 Å². The average Bonchev–Trinajstić information content (AvgIpc) is 3.08. The molecule has 54 heavy (non-hydrogen) atoms. The molecule has 3 aromatic carbocycles. The number of carbonyl (C=O) groups is 2. The SMILES string of the molecule is Cc1nc(N[C@H](C)c2cc(NC(=O)OC(C)(C)C)cc(C(F)(F)F)c2)c2cc(-c3ccn(CCCCC(=O)OCc4ccccc4)c(=O)c3)c(C)cc2n1. The van der Waals surface area contributed by atoms with E-state index in [9.17, 15) is 27.6 Å². The van der Waals surface area contributed by atoms with Crippen molar-refractivity contribution in [1.29, 1.82) is 0 Å². The number of fused-ring (bicyclic) bond motifs is 1. The summed E-state index contributed by atoms with van der Waals surface area (Å²) in [5.74, 6) is 0.555. The van der Waals surface area contributed by atoms with Crippen molar-refractivity contribution in [3.05, 3.63) is 117 Å². The number of anilines is 2. The molecule has 0 aliphatic rings. The highest BCUT2D eigenvalue weighted by atomic mass is 19.4. The maximum atomic E-state index is 14.0. The lowest BCUT2D eigenvalue weighted by atomic mass is 9.98. The van der Waals surface area contributed by atoms with Crippen molar-refractivity contribution in [2.24, 2.45) is 0 Å². The van der Waals surface area contributed by atoms with Gasteiger partial charge < -0.3 is 19.4 Å². The monoisotopic (exact) mass is 743 g/mol. The minimum atomic E-state index is -4.67. The molecule has 2 N–H and O–H groups in total. The fourth-order valence-corrected chi connectivity index (χ4v) is 5.89. The lowest BCUT2D eigenvalue weighted by molar-refractivity contribution is -0.145. The van der Waals surface area contributed by atoms with E-state index in [1.54, 1.807) is 51.4 Å². The molecule has 0 spiro atoms. The van der Waals surface area contributed by atoms with Crippen LogP contribution in [0.15, 0.2) is 83.8 Å². The molecule has 5 aromatic rings. The third-order valence-corrected chi connectivity index (χ3v) is 8.51. The van der Waals surface area contributed by atoms with Gasteiger partial charge in [-0.05, 0) is 119 Å². The Morgan fingerprint density at radius 3 is 2.35 bits per heavy atom. The molecule has 0 radical (unpaired) electrons. The van der Waals surface area contributed by atoms with Gasteiger partial charge in [-0.25, -0.2) is 14.8 Å². The van der Waals surface area contributed by atoms with Gasteiger partial charge in [0, 0.05) is 36.3 Å². The van der Waals surface area contributed by atoms with E-state index in [4.69, 9.17) is 9.47 Å². The number of aryl methyl sites for hydroxylation is 3. The molecule has 0 aliphatic heterocycles. The van der Waals surface area contributed by atoms with E-state index in [0.29, 0.717) is 47.5 Å². The molecule has 0 bridgehead atoms. The van der Waals surface area contributed by atoms with Crippen molar-refractivity contribution in [3.8, 4) is 11.1 Å². The molecule has 0 saturated heterocycles. The Kier molecular flexibility index (Phi) is 12.1. The zero-order valence-corrected chi connectivity index (χ0v) is 31.1. The van der Waals surface area contributed by atoms with Crippen molar-refractivity contribution in [1.82, 2.24) is 14.5 Å². The highest BCUT2D eigenvalue weighted by molar-refractivity contribution is 5.94. The van der Waals surface area contributed by atoms with Crippen LogP contribution in [0.25, 0.3) is 22.0 Å². The molecule has 0 saturated carbocycles. The zero-order valence-electron chi connectivity index (χ0n) is 31.1. The van der Waals surface area contributed by atoms with E-state index in [1.807, 2.05) is 55.5 Å². The van der Waals surface area contributed by atoms with Crippen LogP contribution in [0, 0.1) is 13.8 Å². The Hall–Kier alpha value is -5.72. The molecule has 1 atom stereocenters. The second-order valence-electron chi connectivity index (χ2n) is 14.2. The second kappa shape index (κ2) is 16.5. The molecule has 284 valence electrons. The van der Waals surface area contributed by atoms with Crippen molar-refractivity contribution in [2.75, 3.05) is 10.6 Å². The number of alkyl halides is 3. The van der Waals surface area contributed by atoms with Gasteiger partial charge >= 0.3 is 18.2 Å². The van der Waals surface area contributed by atoms with E-state index in [-0.39, 0.29) is 35.8 Å². The fourth-order valence-electron chi connectivity index (χ4n) is 5.89. The maximum absolute atomic E-state index is 14.0. The summed E-state index contributed by atoms with van der Waals surface area (Å²) in [7, 11) is 0. The zero-order chi connectivity index (χ0) is 39.2. The number of unbranched alkanes of at least 4 members (excludes halogenated alkanes) is 1. The number of rotatable bonds is 12. The Morgan fingerprint density at radius 2 is 1.67 bits per heavy atom. The topological polar surface area (TPSA) is 124 Å². The van der Waals surface area contributed by atoms with Crippen molar-refractivity contribution < 1.29 is 32.2 Å². The quantitative estimate of drug-likeness (QED) is 0.0957. The third-order valence-electron chi connectivity index (χ3n) is 8.51. The summed E-state index contributed by atoms with van der Waals surface area (Å²) in [5, 5.41) is 6.27. The minimum absolute atomic E-state index is 0.0690. The Balaban J connectivity index is 1.33. The maximum Gasteiger partial charge on any atom is 0.416 e. The fraction of sp³-hybridized carbons (Fsp3) is 0.341. The summed E-state index contributed by atoms with van der Waals surface area (Å²) < 4.78 is 54.1. The van der Waals surface area contributed by atoms with Gasteiger partial charge in [-0.1, -0.05) is 30.3 Å². The molecule has 2 aromatic heterocycles. The van der Waals surface area contributed by atoms with Gasteiger partial charge in [-0.15, -0.1) is 0 Å². The summed E-state index contributed by atoms with van der Waals surface area (Å²) >= 11 is 0.